The van der Waals surface area contributed by atoms with Crippen LogP contribution in [-0.2, 0) is 4.74 Å². The van der Waals surface area contributed by atoms with Crippen LogP contribution in [0.15, 0.2) is 36.6 Å². The van der Waals surface area contributed by atoms with Gasteiger partial charge in [0.1, 0.15) is 5.60 Å². The van der Waals surface area contributed by atoms with Crippen LogP contribution in [0.4, 0.5) is 0 Å². The van der Waals surface area contributed by atoms with Gasteiger partial charge in [-0.2, -0.15) is 0 Å². The summed E-state index contributed by atoms with van der Waals surface area (Å²) in [5.74, 6) is 0. The van der Waals surface area contributed by atoms with Gasteiger partial charge in [-0.25, -0.2) is 0 Å². The Kier molecular flexibility index (Phi) is 4.81. The second-order valence-electron chi connectivity index (χ2n) is 3.93. The van der Waals surface area contributed by atoms with Crippen molar-refractivity contribution in [2.24, 2.45) is 0 Å². The Labute approximate surface area is 99.3 Å². The lowest BCUT2D eigenvalue weighted by Gasteiger charge is -2.32. The maximum absolute atomic E-state index is 5.75. The van der Waals surface area contributed by atoms with E-state index < -0.39 is 0 Å². The van der Waals surface area contributed by atoms with Crippen molar-refractivity contribution in [3.05, 3.63) is 36.6 Å². The Morgan fingerprint density at radius 3 is 2.50 bits per heavy atom. The Morgan fingerprint density at radius 1 is 1.44 bits per heavy atom. The normalized spacial score (nSPS) is 24.1. The van der Waals surface area contributed by atoms with E-state index in [-0.39, 0.29) is 5.60 Å². The van der Waals surface area contributed by atoms with E-state index in [1.165, 1.54) is 5.70 Å². The molecule has 0 saturated carbocycles. The molecule has 90 valence electrons. The van der Waals surface area contributed by atoms with Gasteiger partial charge in [0.25, 0.3) is 0 Å². The lowest BCUT2D eigenvalue weighted by Crippen LogP contribution is -2.31. The van der Waals surface area contributed by atoms with Crippen molar-refractivity contribution in [2.45, 2.75) is 32.8 Å². The molecule has 0 fully saturated rings. The van der Waals surface area contributed by atoms with Crippen molar-refractivity contribution >= 4 is 0 Å². The first-order valence-electron chi connectivity index (χ1n) is 6.13. The van der Waals surface area contributed by atoms with Gasteiger partial charge in [-0.1, -0.05) is 18.7 Å². The average Bonchev–Trinajstić information content (AvgIpc) is 2.33. The highest BCUT2D eigenvalue weighted by molar-refractivity contribution is 5.30. The van der Waals surface area contributed by atoms with E-state index in [1.54, 1.807) is 0 Å². The summed E-state index contributed by atoms with van der Waals surface area (Å²) in [6.45, 7) is 13.0. The molecule has 2 nitrogen and oxygen atoms in total. The third kappa shape index (κ3) is 2.76. The quantitative estimate of drug-likeness (QED) is 0.639. The second kappa shape index (κ2) is 5.90. The zero-order valence-corrected chi connectivity index (χ0v) is 10.7. The molecular formula is C14H23NO. The summed E-state index contributed by atoms with van der Waals surface area (Å²) in [5, 5.41) is 0. The van der Waals surface area contributed by atoms with Crippen molar-refractivity contribution in [2.75, 3.05) is 19.7 Å². The lowest BCUT2D eigenvalue weighted by molar-refractivity contribution is 0.0374. The summed E-state index contributed by atoms with van der Waals surface area (Å²) >= 11 is 0. The Hall–Kier alpha value is -1.02. The van der Waals surface area contributed by atoms with E-state index in [4.69, 9.17) is 4.74 Å². The molecule has 2 heteroatoms. The molecule has 1 aliphatic carbocycles. The summed E-state index contributed by atoms with van der Waals surface area (Å²) in [4.78, 5) is 2.34. The molecule has 16 heavy (non-hydrogen) atoms. The van der Waals surface area contributed by atoms with E-state index in [0.29, 0.717) is 6.61 Å². The fourth-order valence-electron chi connectivity index (χ4n) is 2.04. The number of nitrogens with zero attached hydrogens (tertiary/aromatic N) is 1. The Balaban J connectivity index is 2.74. The molecule has 1 aliphatic rings. The highest BCUT2D eigenvalue weighted by Crippen LogP contribution is 2.27. The van der Waals surface area contributed by atoms with Crippen LogP contribution < -0.4 is 0 Å². The molecule has 0 radical (unpaired) electrons. The van der Waals surface area contributed by atoms with Crippen molar-refractivity contribution in [1.82, 2.24) is 4.90 Å². The average molecular weight is 221 g/mol. The predicted octanol–water partition coefficient (Wildman–Crippen LogP) is 3.13. The molecular weight excluding hydrogens is 198 g/mol. The van der Waals surface area contributed by atoms with Crippen LogP contribution in [0.25, 0.3) is 0 Å². The topological polar surface area (TPSA) is 12.5 Å². The number of likely N-dealkylation sites (N-methyl/N-ethyl adjacent to an activating group) is 1. The van der Waals surface area contributed by atoms with Gasteiger partial charge in [-0.05, 0) is 32.9 Å². The zero-order valence-electron chi connectivity index (χ0n) is 10.7. The van der Waals surface area contributed by atoms with Crippen molar-refractivity contribution in [1.29, 1.82) is 0 Å². The van der Waals surface area contributed by atoms with Gasteiger partial charge < -0.3 is 9.64 Å². The summed E-state index contributed by atoms with van der Waals surface area (Å²) in [6.07, 6.45) is 9.28. The van der Waals surface area contributed by atoms with Crippen LogP contribution in [-0.4, -0.2) is 30.2 Å². The van der Waals surface area contributed by atoms with Gasteiger partial charge in [0, 0.05) is 31.8 Å². The fourth-order valence-corrected chi connectivity index (χ4v) is 2.04. The largest absolute Gasteiger partial charge is 0.372 e. The summed E-state index contributed by atoms with van der Waals surface area (Å²) in [7, 11) is 0. The van der Waals surface area contributed by atoms with Crippen LogP contribution in [0.5, 0.6) is 0 Å². The Bertz CT molecular complexity index is 289. The van der Waals surface area contributed by atoms with E-state index >= 15 is 0 Å². The number of hydrogen-bond donors (Lipinski definition) is 0. The molecule has 0 saturated heterocycles. The molecule has 0 aromatic carbocycles. The zero-order chi connectivity index (χ0) is 12.0. The van der Waals surface area contributed by atoms with Crippen molar-refractivity contribution in [3.8, 4) is 0 Å². The van der Waals surface area contributed by atoms with Crippen molar-refractivity contribution < 1.29 is 4.74 Å². The number of hydrogen-bond acceptors (Lipinski definition) is 2. The first-order chi connectivity index (χ1) is 7.71. The SMILES string of the molecule is C=CC1(OCC)C=CC(N(CC)CC)=CC1. The molecule has 0 aromatic heterocycles. The van der Waals surface area contributed by atoms with Gasteiger partial charge in [0.15, 0.2) is 0 Å². The van der Waals surface area contributed by atoms with Crippen LogP contribution >= 0.6 is 0 Å². The second-order valence-corrected chi connectivity index (χ2v) is 3.93. The minimum absolute atomic E-state index is 0.286. The molecule has 1 unspecified atom stereocenters. The van der Waals surface area contributed by atoms with Crippen LogP contribution in [0.3, 0.4) is 0 Å². The van der Waals surface area contributed by atoms with Crippen LogP contribution in [0.1, 0.15) is 27.2 Å². The fraction of sp³-hybridized carbons (Fsp3) is 0.571. The minimum atomic E-state index is -0.286. The van der Waals surface area contributed by atoms with Gasteiger partial charge in [0.05, 0.1) is 0 Å². The summed E-state index contributed by atoms with van der Waals surface area (Å²) < 4.78 is 5.75. The standard InChI is InChI=1S/C14H23NO/c1-5-14(16-8-4)11-9-13(10-12-14)15(6-2)7-3/h5,9-11H,1,6-8,12H2,2-4H3. The van der Waals surface area contributed by atoms with Gasteiger partial charge in [0.2, 0.25) is 0 Å². The smallest absolute Gasteiger partial charge is 0.108 e. The molecule has 0 aromatic rings. The molecule has 0 aliphatic heterocycles. The molecule has 0 bridgehead atoms. The van der Waals surface area contributed by atoms with E-state index in [2.05, 4.69) is 43.6 Å². The van der Waals surface area contributed by atoms with Gasteiger partial charge >= 0.3 is 0 Å². The third-order valence-corrected chi connectivity index (χ3v) is 3.05. The monoisotopic (exact) mass is 221 g/mol. The lowest BCUT2D eigenvalue weighted by atomic mass is 9.93. The maximum Gasteiger partial charge on any atom is 0.108 e. The van der Waals surface area contributed by atoms with E-state index in [1.807, 2.05) is 13.0 Å². The van der Waals surface area contributed by atoms with E-state index in [0.717, 1.165) is 19.5 Å². The first kappa shape index (κ1) is 13.0. The third-order valence-electron chi connectivity index (χ3n) is 3.05. The minimum Gasteiger partial charge on any atom is -0.372 e. The molecule has 0 heterocycles. The van der Waals surface area contributed by atoms with Gasteiger partial charge in [-0.3, -0.25) is 0 Å². The molecule has 0 spiro atoms. The van der Waals surface area contributed by atoms with Crippen molar-refractivity contribution in [3.63, 3.8) is 0 Å². The van der Waals surface area contributed by atoms with E-state index in [9.17, 15) is 0 Å². The number of allylic oxidation sites excluding steroid dienone is 1. The number of ether oxygens (including phenoxy) is 1. The van der Waals surface area contributed by atoms with Gasteiger partial charge in [-0.15, -0.1) is 0 Å². The predicted molar refractivity (Wildman–Crippen MR) is 69.3 cm³/mol. The highest BCUT2D eigenvalue weighted by atomic mass is 16.5. The number of rotatable bonds is 6. The van der Waals surface area contributed by atoms with Crippen LogP contribution in [0, 0.1) is 0 Å². The summed E-state index contributed by atoms with van der Waals surface area (Å²) in [6, 6.07) is 0. The Morgan fingerprint density at radius 2 is 2.12 bits per heavy atom. The molecule has 1 atom stereocenters. The van der Waals surface area contributed by atoms with Crippen LogP contribution in [0.2, 0.25) is 0 Å². The molecule has 0 N–H and O–H groups in total. The highest BCUT2D eigenvalue weighted by Gasteiger charge is 2.25. The summed E-state index contributed by atoms with van der Waals surface area (Å²) in [5.41, 5.74) is 1.01. The molecule has 1 rings (SSSR count). The first-order valence-corrected chi connectivity index (χ1v) is 6.13. The maximum atomic E-state index is 5.75. The molecule has 0 amide bonds.